The van der Waals surface area contributed by atoms with Crippen molar-refractivity contribution in [3.63, 3.8) is 0 Å². The highest BCUT2D eigenvalue weighted by Gasteiger charge is 2.13. The first-order valence-corrected chi connectivity index (χ1v) is 5.20. The van der Waals surface area contributed by atoms with Crippen molar-refractivity contribution in [2.45, 2.75) is 18.9 Å². The molecule has 82 valence electrons. The molecule has 1 atom stereocenters. The van der Waals surface area contributed by atoms with Crippen LogP contribution in [0.4, 0.5) is 4.79 Å². The van der Waals surface area contributed by atoms with Gasteiger partial charge in [0.15, 0.2) is 0 Å². The van der Waals surface area contributed by atoms with Crippen molar-refractivity contribution in [1.82, 2.24) is 0 Å². The smallest absolute Gasteiger partial charge is 0.434 e. The molecule has 0 N–H and O–H groups in total. The van der Waals surface area contributed by atoms with Gasteiger partial charge in [0, 0.05) is 5.56 Å². The third kappa shape index (κ3) is 4.21. The summed E-state index contributed by atoms with van der Waals surface area (Å²) in [7, 11) is 0. The summed E-state index contributed by atoms with van der Waals surface area (Å²) in [5.74, 6) is 0. The standard InChI is InChI=1S/C11H13ClO3/c1-2-8-14-11(13)15-10(12)9-6-4-3-5-7-9/h3-7,10H,2,8H2,1H3. The molecule has 1 unspecified atom stereocenters. The highest BCUT2D eigenvalue weighted by Crippen LogP contribution is 2.21. The van der Waals surface area contributed by atoms with Crippen LogP contribution in [0.5, 0.6) is 0 Å². The Morgan fingerprint density at radius 2 is 2.07 bits per heavy atom. The quantitative estimate of drug-likeness (QED) is 0.585. The molecule has 1 rings (SSSR count). The summed E-state index contributed by atoms with van der Waals surface area (Å²) < 4.78 is 9.58. The third-order valence-electron chi connectivity index (χ3n) is 1.69. The molecule has 1 aromatic rings. The lowest BCUT2D eigenvalue weighted by molar-refractivity contribution is 0.0455. The largest absolute Gasteiger partial charge is 0.510 e. The van der Waals surface area contributed by atoms with E-state index in [9.17, 15) is 4.79 Å². The summed E-state index contributed by atoms with van der Waals surface area (Å²) in [5, 5.41) is 0. The molecule has 0 amide bonds. The second-order valence-corrected chi connectivity index (χ2v) is 3.34. The summed E-state index contributed by atoms with van der Waals surface area (Å²) in [6.07, 6.45) is 0.0219. The van der Waals surface area contributed by atoms with E-state index < -0.39 is 11.7 Å². The number of benzene rings is 1. The Hall–Kier alpha value is -1.22. The molecule has 0 bridgehead atoms. The fourth-order valence-corrected chi connectivity index (χ4v) is 1.19. The van der Waals surface area contributed by atoms with Crippen LogP contribution in [0.25, 0.3) is 0 Å². The number of carbonyl (C=O) groups is 1. The first-order valence-electron chi connectivity index (χ1n) is 4.76. The topological polar surface area (TPSA) is 35.5 Å². The molecule has 4 heteroatoms. The summed E-state index contributed by atoms with van der Waals surface area (Å²) in [5.41, 5.74) is -0.0665. The minimum Gasteiger partial charge on any atom is -0.434 e. The Balaban J connectivity index is 2.42. The van der Waals surface area contributed by atoms with Gasteiger partial charge in [-0.1, -0.05) is 48.9 Å². The number of halogens is 1. The van der Waals surface area contributed by atoms with Crippen LogP contribution in [0.15, 0.2) is 30.3 Å². The molecule has 0 aliphatic carbocycles. The molecule has 0 radical (unpaired) electrons. The van der Waals surface area contributed by atoms with Crippen LogP contribution in [0.3, 0.4) is 0 Å². The van der Waals surface area contributed by atoms with E-state index in [1.54, 1.807) is 12.1 Å². The maximum Gasteiger partial charge on any atom is 0.510 e. The third-order valence-corrected chi connectivity index (χ3v) is 2.03. The molecule has 1 aromatic carbocycles. The Bertz CT molecular complexity index is 300. The predicted molar refractivity (Wildman–Crippen MR) is 57.8 cm³/mol. The van der Waals surface area contributed by atoms with E-state index in [1.165, 1.54) is 0 Å². The van der Waals surface area contributed by atoms with Crippen LogP contribution >= 0.6 is 11.6 Å². The molecule has 3 nitrogen and oxygen atoms in total. The number of ether oxygens (including phenoxy) is 2. The molecular weight excluding hydrogens is 216 g/mol. The van der Waals surface area contributed by atoms with Gasteiger partial charge in [-0.05, 0) is 6.42 Å². The monoisotopic (exact) mass is 228 g/mol. The Labute approximate surface area is 93.9 Å². The fraction of sp³-hybridized carbons (Fsp3) is 0.364. The van der Waals surface area contributed by atoms with Gasteiger partial charge in [-0.25, -0.2) is 4.79 Å². The van der Waals surface area contributed by atoms with Crippen molar-refractivity contribution in [3.05, 3.63) is 35.9 Å². The number of alkyl halides is 1. The predicted octanol–water partition coefficient (Wildman–Crippen LogP) is 3.49. The van der Waals surface area contributed by atoms with Crippen LogP contribution in [-0.2, 0) is 9.47 Å². The van der Waals surface area contributed by atoms with Gasteiger partial charge < -0.3 is 9.47 Å². The average molecular weight is 229 g/mol. The van der Waals surface area contributed by atoms with Crippen LogP contribution < -0.4 is 0 Å². The highest BCUT2D eigenvalue weighted by molar-refractivity contribution is 6.20. The molecular formula is C11H13ClO3. The minimum absolute atomic E-state index is 0.344. The molecule has 0 aromatic heterocycles. The van der Waals surface area contributed by atoms with Crippen molar-refractivity contribution < 1.29 is 14.3 Å². The maximum absolute atomic E-state index is 11.1. The SMILES string of the molecule is CCCOC(=O)OC(Cl)c1ccccc1. The van der Waals surface area contributed by atoms with Crippen molar-refractivity contribution in [2.24, 2.45) is 0 Å². The van der Waals surface area contributed by atoms with Gasteiger partial charge in [0.05, 0.1) is 6.61 Å². The van der Waals surface area contributed by atoms with Gasteiger partial charge in [0.1, 0.15) is 0 Å². The Morgan fingerprint density at radius 1 is 1.40 bits per heavy atom. The Morgan fingerprint density at radius 3 is 2.67 bits per heavy atom. The molecule has 0 spiro atoms. The summed E-state index contributed by atoms with van der Waals surface area (Å²) in [6, 6.07) is 9.08. The first-order chi connectivity index (χ1) is 7.24. The van der Waals surface area contributed by atoms with Crippen LogP contribution in [0.1, 0.15) is 24.5 Å². The lowest BCUT2D eigenvalue weighted by Crippen LogP contribution is -2.09. The van der Waals surface area contributed by atoms with Gasteiger partial charge in [0.25, 0.3) is 0 Å². The van der Waals surface area contributed by atoms with Crippen LogP contribution in [-0.4, -0.2) is 12.8 Å². The lowest BCUT2D eigenvalue weighted by Gasteiger charge is -2.10. The second kappa shape index (κ2) is 6.30. The van der Waals surface area contributed by atoms with E-state index in [2.05, 4.69) is 0 Å². The fourth-order valence-electron chi connectivity index (χ4n) is 0.976. The zero-order chi connectivity index (χ0) is 11.1. The summed E-state index contributed by atoms with van der Waals surface area (Å²) in [4.78, 5) is 11.1. The maximum atomic E-state index is 11.1. The molecule has 0 aliphatic heterocycles. The molecule has 15 heavy (non-hydrogen) atoms. The number of carbonyl (C=O) groups excluding carboxylic acids is 1. The van der Waals surface area contributed by atoms with E-state index >= 15 is 0 Å². The molecule has 0 saturated carbocycles. The van der Waals surface area contributed by atoms with Gasteiger partial charge in [-0.3, -0.25) is 0 Å². The van der Waals surface area contributed by atoms with Crippen LogP contribution in [0, 0.1) is 0 Å². The normalized spacial score (nSPS) is 11.9. The number of hydrogen-bond acceptors (Lipinski definition) is 3. The molecule has 0 saturated heterocycles. The lowest BCUT2D eigenvalue weighted by atomic mass is 10.2. The van der Waals surface area contributed by atoms with E-state index in [1.807, 2.05) is 25.1 Å². The Kier molecular flexibility index (Phi) is 4.98. The number of rotatable bonds is 4. The van der Waals surface area contributed by atoms with Crippen LogP contribution in [0.2, 0.25) is 0 Å². The molecule has 0 fully saturated rings. The zero-order valence-electron chi connectivity index (χ0n) is 8.48. The zero-order valence-corrected chi connectivity index (χ0v) is 9.24. The van der Waals surface area contributed by atoms with E-state index in [0.717, 1.165) is 12.0 Å². The van der Waals surface area contributed by atoms with Gasteiger partial charge >= 0.3 is 6.16 Å². The summed E-state index contributed by atoms with van der Waals surface area (Å²) >= 11 is 5.86. The molecule has 0 heterocycles. The minimum atomic E-state index is -0.796. The first kappa shape index (κ1) is 11.9. The van der Waals surface area contributed by atoms with Crippen molar-refractivity contribution in [2.75, 3.05) is 6.61 Å². The van der Waals surface area contributed by atoms with Crippen molar-refractivity contribution >= 4 is 17.8 Å². The highest BCUT2D eigenvalue weighted by atomic mass is 35.5. The van der Waals surface area contributed by atoms with E-state index in [4.69, 9.17) is 21.1 Å². The van der Waals surface area contributed by atoms with E-state index in [0.29, 0.717) is 6.61 Å². The average Bonchev–Trinajstić information content (AvgIpc) is 2.27. The molecule has 0 aliphatic rings. The van der Waals surface area contributed by atoms with Crippen molar-refractivity contribution in [3.8, 4) is 0 Å². The number of hydrogen-bond donors (Lipinski definition) is 0. The van der Waals surface area contributed by atoms with Crippen molar-refractivity contribution in [1.29, 1.82) is 0 Å². The van der Waals surface area contributed by atoms with Gasteiger partial charge in [-0.2, -0.15) is 0 Å². The van der Waals surface area contributed by atoms with Gasteiger partial charge in [-0.15, -0.1) is 0 Å². The van der Waals surface area contributed by atoms with E-state index in [-0.39, 0.29) is 0 Å². The van der Waals surface area contributed by atoms with Gasteiger partial charge in [0.2, 0.25) is 5.56 Å². The second-order valence-electron chi connectivity index (χ2n) is 2.94. The summed E-state index contributed by atoms with van der Waals surface area (Å²) in [6.45, 7) is 2.25.